The van der Waals surface area contributed by atoms with Gasteiger partial charge in [-0.2, -0.15) is 0 Å². The Morgan fingerprint density at radius 2 is 2.00 bits per heavy atom. The number of halogens is 1. The van der Waals surface area contributed by atoms with Gasteiger partial charge in [0.2, 0.25) is 5.91 Å². The molecule has 2 N–H and O–H groups in total. The molecule has 0 aliphatic carbocycles. The third-order valence-electron chi connectivity index (χ3n) is 2.68. The normalized spacial score (nSPS) is 11.4. The third-order valence-corrected chi connectivity index (χ3v) is 3.38. The summed E-state index contributed by atoms with van der Waals surface area (Å²) in [5.74, 6) is 0.666. The summed E-state index contributed by atoms with van der Waals surface area (Å²) in [6, 6.07) is 7.86. The number of amides is 1. The summed E-state index contributed by atoms with van der Waals surface area (Å²) in [6.45, 7) is 6.07. The summed E-state index contributed by atoms with van der Waals surface area (Å²) in [6.07, 6.45) is 1.73. The molecule has 0 fully saturated rings. The van der Waals surface area contributed by atoms with Crippen LogP contribution in [0.4, 0.5) is 5.82 Å². The number of rotatable bonds is 3. The molecule has 1 aromatic heterocycles. The quantitative estimate of drug-likeness (QED) is 0.904. The first-order chi connectivity index (χ1) is 9.37. The van der Waals surface area contributed by atoms with Crippen molar-refractivity contribution in [3.05, 3.63) is 34.9 Å². The molecule has 5 heteroatoms. The highest BCUT2D eigenvalue weighted by Gasteiger charge is 2.13. The van der Waals surface area contributed by atoms with Gasteiger partial charge in [0.1, 0.15) is 5.82 Å². The Labute approximate surface area is 127 Å². The summed E-state index contributed by atoms with van der Waals surface area (Å²) in [5, 5.41) is 8.07. The Morgan fingerprint density at radius 3 is 2.70 bits per heavy atom. The molecule has 20 heavy (non-hydrogen) atoms. The number of aromatic nitrogens is 1. The fraction of sp³-hybridized carbons (Fsp3) is 0.333. The van der Waals surface area contributed by atoms with E-state index in [1.54, 1.807) is 6.20 Å². The van der Waals surface area contributed by atoms with Crippen LogP contribution in [-0.4, -0.2) is 23.0 Å². The molecule has 1 aromatic carbocycles. The first-order valence-corrected chi connectivity index (χ1v) is 7.24. The number of hydrogen-bond acceptors (Lipinski definition) is 3. The van der Waals surface area contributed by atoms with Crippen molar-refractivity contribution in [2.75, 3.05) is 11.9 Å². The lowest BCUT2D eigenvalue weighted by atomic mass is 10.1. The van der Waals surface area contributed by atoms with Crippen LogP contribution >= 0.6 is 15.9 Å². The van der Waals surface area contributed by atoms with Crippen LogP contribution in [0, 0.1) is 0 Å². The molecule has 106 valence electrons. The predicted octanol–water partition coefficient (Wildman–Crippen LogP) is 3.32. The van der Waals surface area contributed by atoms with E-state index in [1.165, 1.54) is 0 Å². The first kappa shape index (κ1) is 14.8. The highest BCUT2D eigenvalue weighted by Crippen LogP contribution is 2.27. The van der Waals surface area contributed by atoms with Crippen molar-refractivity contribution >= 4 is 38.4 Å². The maximum Gasteiger partial charge on any atom is 0.239 e. The Morgan fingerprint density at radius 1 is 1.25 bits per heavy atom. The minimum atomic E-state index is -0.228. The number of hydrogen-bond donors (Lipinski definition) is 2. The molecule has 0 unspecified atom stereocenters. The number of carbonyl (C=O) groups is 1. The Bertz CT molecular complexity index is 635. The predicted molar refractivity (Wildman–Crippen MR) is 85.8 cm³/mol. The van der Waals surface area contributed by atoms with Gasteiger partial charge in [0.15, 0.2) is 0 Å². The zero-order chi connectivity index (χ0) is 14.8. The van der Waals surface area contributed by atoms with Crippen LogP contribution in [0.5, 0.6) is 0 Å². The fourth-order valence-electron chi connectivity index (χ4n) is 1.94. The van der Waals surface area contributed by atoms with Gasteiger partial charge in [-0.15, -0.1) is 0 Å². The SMILES string of the molecule is CC(C)(C)NC(=O)CNc1nccc2c(Br)cccc12. The molecule has 0 saturated heterocycles. The lowest BCUT2D eigenvalue weighted by Crippen LogP contribution is -2.43. The zero-order valence-electron chi connectivity index (χ0n) is 11.8. The van der Waals surface area contributed by atoms with Gasteiger partial charge in [-0.25, -0.2) is 4.98 Å². The van der Waals surface area contributed by atoms with E-state index in [1.807, 2.05) is 45.0 Å². The lowest BCUT2D eigenvalue weighted by molar-refractivity contribution is -0.120. The van der Waals surface area contributed by atoms with Crippen molar-refractivity contribution in [1.82, 2.24) is 10.3 Å². The number of nitrogens with one attached hydrogen (secondary N) is 2. The van der Waals surface area contributed by atoms with Crippen molar-refractivity contribution in [2.24, 2.45) is 0 Å². The van der Waals surface area contributed by atoms with E-state index in [9.17, 15) is 4.79 Å². The molecule has 0 atom stereocenters. The number of nitrogens with zero attached hydrogens (tertiary/aromatic N) is 1. The lowest BCUT2D eigenvalue weighted by Gasteiger charge is -2.20. The van der Waals surface area contributed by atoms with Crippen LogP contribution in [0.15, 0.2) is 34.9 Å². The maximum absolute atomic E-state index is 11.8. The molecule has 4 nitrogen and oxygen atoms in total. The molecule has 0 aliphatic rings. The number of fused-ring (bicyclic) bond motifs is 1. The Kier molecular flexibility index (Phi) is 4.28. The minimum absolute atomic E-state index is 0.0497. The topological polar surface area (TPSA) is 54.0 Å². The monoisotopic (exact) mass is 335 g/mol. The van der Waals surface area contributed by atoms with Gasteiger partial charge in [-0.3, -0.25) is 4.79 Å². The van der Waals surface area contributed by atoms with E-state index in [0.717, 1.165) is 15.2 Å². The van der Waals surface area contributed by atoms with Gasteiger partial charge in [0.05, 0.1) is 6.54 Å². The van der Waals surface area contributed by atoms with Crippen molar-refractivity contribution in [3.8, 4) is 0 Å². The third kappa shape index (κ3) is 3.70. The van der Waals surface area contributed by atoms with Gasteiger partial charge in [0, 0.05) is 27.0 Å². The summed E-state index contributed by atoms with van der Waals surface area (Å²) in [5.41, 5.74) is -0.228. The summed E-state index contributed by atoms with van der Waals surface area (Å²) >= 11 is 3.52. The zero-order valence-corrected chi connectivity index (χ0v) is 13.4. The molecular formula is C15H18BrN3O. The highest BCUT2D eigenvalue weighted by atomic mass is 79.9. The van der Waals surface area contributed by atoms with E-state index in [0.29, 0.717) is 5.82 Å². The molecular weight excluding hydrogens is 318 g/mol. The maximum atomic E-state index is 11.8. The second kappa shape index (κ2) is 5.79. The molecule has 1 amide bonds. The Hall–Kier alpha value is -1.62. The largest absolute Gasteiger partial charge is 0.360 e. The van der Waals surface area contributed by atoms with Gasteiger partial charge in [0.25, 0.3) is 0 Å². The Balaban J connectivity index is 2.15. The molecule has 0 bridgehead atoms. The molecule has 1 heterocycles. The first-order valence-electron chi connectivity index (χ1n) is 6.45. The molecule has 0 aliphatic heterocycles. The summed E-state index contributed by atoms with van der Waals surface area (Å²) in [7, 11) is 0. The highest BCUT2D eigenvalue weighted by molar-refractivity contribution is 9.10. The van der Waals surface area contributed by atoms with Crippen molar-refractivity contribution < 1.29 is 4.79 Å². The van der Waals surface area contributed by atoms with Crippen LogP contribution in [0.2, 0.25) is 0 Å². The molecule has 0 radical (unpaired) electrons. The average molecular weight is 336 g/mol. The van der Waals surface area contributed by atoms with Crippen LogP contribution < -0.4 is 10.6 Å². The van der Waals surface area contributed by atoms with Gasteiger partial charge in [-0.1, -0.05) is 28.1 Å². The van der Waals surface area contributed by atoms with Crippen molar-refractivity contribution in [3.63, 3.8) is 0 Å². The van der Waals surface area contributed by atoms with Gasteiger partial charge >= 0.3 is 0 Å². The second-order valence-corrected chi connectivity index (χ2v) is 6.50. The van der Waals surface area contributed by atoms with Crippen LogP contribution in [0.3, 0.4) is 0 Å². The van der Waals surface area contributed by atoms with Crippen molar-refractivity contribution in [1.29, 1.82) is 0 Å². The van der Waals surface area contributed by atoms with Crippen LogP contribution in [0.25, 0.3) is 10.8 Å². The smallest absolute Gasteiger partial charge is 0.239 e. The summed E-state index contributed by atoms with van der Waals surface area (Å²) in [4.78, 5) is 16.1. The number of benzene rings is 1. The van der Waals surface area contributed by atoms with Crippen LogP contribution in [-0.2, 0) is 4.79 Å². The number of anilines is 1. The van der Waals surface area contributed by atoms with Crippen LogP contribution in [0.1, 0.15) is 20.8 Å². The van der Waals surface area contributed by atoms with E-state index >= 15 is 0 Å². The van der Waals surface area contributed by atoms with E-state index in [2.05, 4.69) is 31.5 Å². The van der Waals surface area contributed by atoms with E-state index in [-0.39, 0.29) is 18.0 Å². The standard InChI is InChI=1S/C15H18BrN3O/c1-15(2,3)19-13(20)9-18-14-11-5-4-6-12(16)10(11)7-8-17-14/h4-8H,9H2,1-3H3,(H,17,18)(H,19,20). The molecule has 0 saturated carbocycles. The molecule has 0 spiro atoms. The van der Waals surface area contributed by atoms with Gasteiger partial charge in [-0.05, 0) is 32.9 Å². The van der Waals surface area contributed by atoms with Gasteiger partial charge < -0.3 is 10.6 Å². The van der Waals surface area contributed by atoms with E-state index in [4.69, 9.17) is 0 Å². The van der Waals surface area contributed by atoms with Crippen molar-refractivity contribution in [2.45, 2.75) is 26.3 Å². The second-order valence-electron chi connectivity index (χ2n) is 5.65. The average Bonchev–Trinajstić information content (AvgIpc) is 2.35. The summed E-state index contributed by atoms with van der Waals surface area (Å²) < 4.78 is 1.01. The fourth-order valence-corrected chi connectivity index (χ4v) is 2.43. The van der Waals surface area contributed by atoms with E-state index < -0.39 is 0 Å². The minimum Gasteiger partial charge on any atom is -0.360 e. The molecule has 2 aromatic rings. The molecule has 2 rings (SSSR count). The number of pyridine rings is 1. The number of carbonyl (C=O) groups excluding carboxylic acids is 1.